The topological polar surface area (TPSA) is 73.7 Å². The average Bonchev–Trinajstić information content (AvgIpc) is 2.23. The van der Waals surface area contributed by atoms with E-state index in [1.807, 2.05) is 13.8 Å². The summed E-state index contributed by atoms with van der Waals surface area (Å²) in [6, 6.07) is 3.31. The van der Waals surface area contributed by atoms with E-state index in [-0.39, 0.29) is 12.3 Å². The number of rotatable bonds is 6. The molecule has 0 radical (unpaired) electrons. The van der Waals surface area contributed by atoms with E-state index in [0.29, 0.717) is 18.8 Å². The van der Waals surface area contributed by atoms with Crippen molar-refractivity contribution in [2.75, 3.05) is 13.1 Å². The molecule has 0 bridgehead atoms. The largest absolute Gasteiger partial charge is 0.506 e. The minimum absolute atomic E-state index is 0.0388. The van der Waals surface area contributed by atoms with Gasteiger partial charge in [0.2, 0.25) is 0 Å². The predicted octanol–water partition coefficient (Wildman–Crippen LogP) is 1.39. The number of pyridine rings is 1. The second kappa shape index (κ2) is 6.20. The molecule has 0 spiro atoms. The van der Waals surface area contributed by atoms with Gasteiger partial charge in [-0.25, -0.2) is 0 Å². The Bertz CT molecular complexity index is 393. The molecule has 17 heavy (non-hydrogen) atoms. The van der Waals surface area contributed by atoms with Gasteiger partial charge in [-0.1, -0.05) is 6.92 Å². The van der Waals surface area contributed by atoms with E-state index in [0.717, 1.165) is 12.1 Å². The molecule has 1 aromatic rings. The van der Waals surface area contributed by atoms with Gasteiger partial charge in [0.25, 0.3) is 0 Å². The third-order valence-electron chi connectivity index (χ3n) is 2.36. The van der Waals surface area contributed by atoms with E-state index < -0.39 is 5.97 Å². The molecule has 1 heterocycles. The first kappa shape index (κ1) is 13.4. The molecule has 1 rings (SSSR count). The molecular formula is C12H18N2O3. The maximum Gasteiger partial charge on any atom is 0.317 e. The Morgan fingerprint density at radius 2 is 2.18 bits per heavy atom. The Hall–Kier alpha value is -1.62. The molecule has 0 aliphatic rings. The standard InChI is InChI=1S/C12H18N2O3/c1-3-6-14(8-12(16)17)7-10-11(15)5-4-9(2)13-10/h4-5,15H,3,6-8H2,1-2H3,(H,16,17). The molecular weight excluding hydrogens is 220 g/mol. The Balaban J connectivity index is 2.77. The van der Waals surface area contributed by atoms with Crippen LogP contribution in [0.3, 0.4) is 0 Å². The van der Waals surface area contributed by atoms with Crippen LogP contribution in [-0.4, -0.2) is 39.2 Å². The van der Waals surface area contributed by atoms with Gasteiger partial charge in [-0.3, -0.25) is 14.7 Å². The zero-order valence-electron chi connectivity index (χ0n) is 10.2. The van der Waals surface area contributed by atoms with Crippen LogP contribution in [0.5, 0.6) is 5.75 Å². The maximum absolute atomic E-state index is 10.7. The number of carbonyl (C=O) groups is 1. The van der Waals surface area contributed by atoms with Crippen molar-refractivity contribution in [3.8, 4) is 5.75 Å². The van der Waals surface area contributed by atoms with Gasteiger partial charge in [0, 0.05) is 12.2 Å². The third-order valence-corrected chi connectivity index (χ3v) is 2.36. The molecule has 0 unspecified atom stereocenters. The summed E-state index contributed by atoms with van der Waals surface area (Å²) in [7, 11) is 0. The number of hydrogen-bond acceptors (Lipinski definition) is 4. The van der Waals surface area contributed by atoms with Crippen molar-refractivity contribution in [1.29, 1.82) is 0 Å². The summed E-state index contributed by atoms with van der Waals surface area (Å²) in [4.78, 5) is 16.7. The lowest BCUT2D eigenvalue weighted by molar-refractivity contribution is -0.138. The molecule has 0 atom stereocenters. The van der Waals surface area contributed by atoms with Gasteiger partial charge in [-0.05, 0) is 32.0 Å². The highest BCUT2D eigenvalue weighted by atomic mass is 16.4. The molecule has 0 saturated heterocycles. The fourth-order valence-electron chi connectivity index (χ4n) is 1.65. The van der Waals surface area contributed by atoms with Gasteiger partial charge in [-0.2, -0.15) is 0 Å². The van der Waals surface area contributed by atoms with Crippen molar-refractivity contribution < 1.29 is 15.0 Å². The average molecular weight is 238 g/mol. The van der Waals surface area contributed by atoms with E-state index in [4.69, 9.17) is 5.11 Å². The highest BCUT2D eigenvalue weighted by Crippen LogP contribution is 2.16. The minimum Gasteiger partial charge on any atom is -0.506 e. The summed E-state index contributed by atoms with van der Waals surface area (Å²) < 4.78 is 0. The van der Waals surface area contributed by atoms with Gasteiger partial charge in [-0.15, -0.1) is 0 Å². The van der Waals surface area contributed by atoms with Crippen molar-refractivity contribution >= 4 is 5.97 Å². The first-order valence-electron chi connectivity index (χ1n) is 5.62. The van der Waals surface area contributed by atoms with Crippen LogP contribution in [0.1, 0.15) is 24.7 Å². The molecule has 94 valence electrons. The van der Waals surface area contributed by atoms with Gasteiger partial charge in [0.1, 0.15) is 5.75 Å². The molecule has 0 aromatic carbocycles. The lowest BCUT2D eigenvalue weighted by Crippen LogP contribution is -2.30. The van der Waals surface area contributed by atoms with Crippen LogP contribution in [0.15, 0.2) is 12.1 Å². The lowest BCUT2D eigenvalue weighted by Gasteiger charge is -2.19. The number of nitrogens with zero attached hydrogens (tertiary/aromatic N) is 2. The third kappa shape index (κ3) is 4.40. The van der Waals surface area contributed by atoms with Crippen LogP contribution in [0.4, 0.5) is 0 Å². The van der Waals surface area contributed by atoms with Crippen molar-refractivity contribution in [2.24, 2.45) is 0 Å². The van der Waals surface area contributed by atoms with Gasteiger partial charge < -0.3 is 10.2 Å². The molecule has 1 aromatic heterocycles. The molecule has 5 nitrogen and oxygen atoms in total. The Morgan fingerprint density at radius 3 is 2.76 bits per heavy atom. The zero-order chi connectivity index (χ0) is 12.8. The Morgan fingerprint density at radius 1 is 1.47 bits per heavy atom. The Kier molecular flexibility index (Phi) is 4.90. The van der Waals surface area contributed by atoms with Crippen molar-refractivity contribution in [1.82, 2.24) is 9.88 Å². The summed E-state index contributed by atoms with van der Waals surface area (Å²) in [6.07, 6.45) is 0.861. The SMILES string of the molecule is CCCN(CC(=O)O)Cc1nc(C)ccc1O. The number of carboxylic acids is 1. The number of carboxylic acid groups (broad SMARTS) is 1. The quantitative estimate of drug-likeness (QED) is 0.783. The van der Waals surface area contributed by atoms with E-state index in [9.17, 15) is 9.90 Å². The molecule has 0 aliphatic carbocycles. The van der Waals surface area contributed by atoms with Crippen molar-refractivity contribution in [3.05, 3.63) is 23.5 Å². The summed E-state index contributed by atoms with van der Waals surface area (Å²) in [5.74, 6) is -0.757. The first-order chi connectivity index (χ1) is 8.02. The van der Waals surface area contributed by atoms with E-state index in [1.54, 1.807) is 17.0 Å². The highest BCUT2D eigenvalue weighted by molar-refractivity contribution is 5.69. The second-order valence-corrected chi connectivity index (χ2v) is 4.02. The number of aromatic nitrogens is 1. The van der Waals surface area contributed by atoms with Crippen LogP contribution in [0, 0.1) is 6.92 Å². The van der Waals surface area contributed by atoms with Crippen LogP contribution in [0.2, 0.25) is 0 Å². The summed E-state index contributed by atoms with van der Waals surface area (Å²) in [6.45, 7) is 4.81. The number of aliphatic carboxylic acids is 1. The van der Waals surface area contributed by atoms with Gasteiger partial charge >= 0.3 is 5.97 Å². The summed E-state index contributed by atoms with van der Waals surface area (Å²) >= 11 is 0. The lowest BCUT2D eigenvalue weighted by atomic mass is 10.2. The molecule has 2 N–H and O–H groups in total. The monoisotopic (exact) mass is 238 g/mol. The van der Waals surface area contributed by atoms with Crippen LogP contribution >= 0.6 is 0 Å². The smallest absolute Gasteiger partial charge is 0.317 e. The van der Waals surface area contributed by atoms with Crippen LogP contribution in [-0.2, 0) is 11.3 Å². The van der Waals surface area contributed by atoms with Gasteiger partial charge in [0.15, 0.2) is 0 Å². The summed E-state index contributed by atoms with van der Waals surface area (Å²) in [5, 5.41) is 18.4. The molecule has 0 fully saturated rings. The molecule has 0 amide bonds. The van der Waals surface area contributed by atoms with E-state index in [2.05, 4.69) is 4.98 Å². The Labute approximate surface area is 101 Å². The first-order valence-corrected chi connectivity index (χ1v) is 5.62. The molecule has 5 heteroatoms. The zero-order valence-corrected chi connectivity index (χ0v) is 10.2. The highest BCUT2D eigenvalue weighted by Gasteiger charge is 2.12. The maximum atomic E-state index is 10.7. The second-order valence-electron chi connectivity index (χ2n) is 4.02. The van der Waals surface area contributed by atoms with Crippen molar-refractivity contribution in [2.45, 2.75) is 26.8 Å². The number of hydrogen-bond donors (Lipinski definition) is 2. The van der Waals surface area contributed by atoms with Crippen molar-refractivity contribution in [3.63, 3.8) is 0 Å². The van der Waals surface area contributed by atoms with Crippen LogP contribution < -0.4 is 0 Å². The van der Waals surface area contributed by atoms with E-state index in [1.165, 1.54) is 0 Å². The normalized spacial score (nSPS) is 10.8. The minimum atomic E-state index is -0.870. The van der Waals surface area contributed by atoms with Crippen LogP contribution in [0.25, 0.3) is 0 Å². The number of aromatic hydroxyl groups is 1. The van der Waals surface area contributed by atoms with Gasteiger partial charge in [0.05, 0.1) is 12.2 Å². The molecule has 0 aliphatic heterocycles. The fourth-order valence-corrected chi connectivity index (χ4v) is 1.65. The summed E-state index contributed by atoms with van der Waals surface area (Å²) in [5.41, 5.74) is 1.34. The predicted molar refractivity (Wildman–Crippen MR) is 63.8 cm³/mol. The number of aryl methyl sites for hydroxylation is 1. The van der Waals surface area contributed by atoms with E-state index >= 15 is 0 Å². The molecule has 0 saturated carbocycles. The fraction of sp³-hybridized carbons (Fsp3) is 0.500.